The number of primary sulfonamides is 1. The van der Waals surface area contributed by atoms with Crippen molar-refractivity contribution in [3.05, 3.63) is 102 Å². The van der Waals surface area contributed by atoms with Crippen molar-refractivity contribution in [2.24, 2.45) is 5.14 Å². The molecule has 38 heavy (non-hydrogen) atoms. The van der Waals surface area contributed by atoms with Gasteiger partial charge in [0.05, 0.1) is 29.1 Å². The van der Waals surface area contributed by atoms with Gasteiger partial charge in [0, 0.05) is 6.54 Å². The average Bonchev–Trinajstić information content (AvgIpc) is 3.33. The van der Waals surface area contributed by atoms with Crippen LogP contribution in [0.1, 0.15) is 24.1 Å². The molecule has 9 heteroatoms. The summed E-state index contributed by atoms with van der Waals surface area (Å²) in [6.07, 6.45) is 2.26. The molecule has 0 amide bonds. The van der Waals surface area contributed by atoms with Gasteiger partial charge in [-0.25, -0.2) is 23.5 Å². The van der Waals surface area contributed by atoms with Crippen LogP contribution in [0.25, 0.3) is 22.3 Å². The molecule has 194 valence electrons. The Balaban J connectivity index is 1.48. The summed E-state index contributed by atoms with van der Waals surface area (Å²) in [4.78, 5) is 9.33. The molecule has 0 fully saturated rings. The van der Waals surface area contributed by atoms with Gasteiger partial charge in [-0.05, 0) is 72.5 Å². The quantitative estimate of drug-likeness (QED) is 0.278. The predicted octanol–water partition coefficient (Wildman–Crippen LogP) is 5.02. The van der Waals surface area contributed by atoms with E-state index in [4.69, 9.17) is 9.88 Å². The minimum atomic E-state index is -3.71. The topological polar surface area (TPSA) is 112 Å². The number of methoxy groups -OCH3 is 1. The highest BCUT2D eigenvalue weighted by molar-refractivity contribution is 7.89. The van der Waals surface area contributed by atoms with Crippen molar-refractivity contribution in [3.8, 4) is 17.0 Å². The number of benzene rings is 3. The lowest BCUT2D eigenvalue weighted by Gasteiger charge is -2.19. The zero-order chi connectivity index (χ0) is 26.7. The van der Waals surface area contributed by atoms with Crippen molar-refractivity contribution in [2.75, 3.05) is 19.0 Å². The van der Waals surface area contributed by atoms with Crippen LogP contribution in [-0.2, 0) is 16.4 Å². The fraction of sp³-hybridized carbons (Fsp3) is 0.172. The van der Waals surface area contributed by atoms with Crippen molar-refractivity contribution >= 4 is 26.9 Å². The number of aromatic nitrogens is 3. The molecule has 3 N–H and O–H groups in total. The Kier molecular flexibility index (Phi) is 7.13. The second-order valence-corrected chi connectivity index (χ2v) is 10.6. The van der Waals surface area contributed by atoms with Crippen LogP contribution >= 0.6 is 0 Å². The maximum absolute atomic E-state index is 11.5. The van der Waals surface area contributed by atoms with Crippen LogP contribution in [0.2, 0.25) is 0 Å². The van der Waals surface area contributed by atoms with Gasteiger partial charge in [-0.3, -0.25) is 0 Å². The van der Waals surface area contributed by atoms with Gasteiger partial charge in [0.1, 0.15) is 23.5 Å². The van der Waals surface area contributed by atoms with E-state index in [1.54, 1.807) is 25.6 Å². The average molecular weight is 528 g/mol. The molecule has 2 heterocycles. The third-order valence-electron chi connectivity index (χ3n) is 6.64. The zero-order valence-corrected chi connectivity index (χ0v) is 22.0. The van der Waals surface area contributed by atoms with Crippen LogP contribution in [0, 0.1) is 0 Å². The first-order valence-corrected chi connectivity index (χ1v) is 13.8. The van der Waals surface area contributed by atoms with Gasteiger partial charge < -0.3 is 14.6 Å². The van der Waals surface area contributed by atoms with Crippen LogP contribution in [0.5, 0.6) is 5.75 Å². The summed E-state index contributed by atoms with van der Waals surface area (Å²) in [5.41, 5.74) is 5.08. The highest BCUT2D eigenvalue weighted by Gasteiger charge is 2.20. The van der Waals surface area contributed by atoms with E-state index >= 15 is 0 Å². The third-order valence-corrected chi connectivity index (χ3v) is 7.57. The molecule has 0 bridgehead atoms. The van der Waals surface area contributed by atoms with Crippen LogP contribution in [-0.4, -0.2) is 36.6 Å². The van der Waals surface area contributed by atoms with E-state index < -0.39 is 10.0 Å². The van der Waals surface area contributed by atoms with Gasteiger partial charge in [0.2, 0.25) is 10.0 Å². The van der Waals surface area contributed by atoms with E-state index in [0.29, 0.717) is 13.0 Å². The molecule has 5 aromatic rings. The molecule has 5 rings (SSSR count). The Morgan fingerprint density at radius 2 is 1.68 bits per heavy atom. The Hall–Kier alpha value is -4.21. The van der Waals surface area contributed by atoms with E-state index in [0.717, 1.165) is 39.4 Å². The van der Waals surface area contributed by atoms with Crippen molar-refractivity contribution in [1.82, 2.24) is 14.5 Å². The van der Waals surface area contributed by atoms with Crippen LogP contribution in [0.4, 0.5) is 5.82 Å². The highest BCUT2D eigenvalue weighted by atomic mass is 32.2. The van der Waals surface area contributed by atoms with Gasteiger partial charge in [-0.15, -0.1) is 0 Å². The van der Waals surface area contributed by atoms with Crippen molar-refractivity contribution in [2.45, 2.75) is 24.3 Å². The summed E-state index contributed by atoms with van der Waals surface area (Å²) in [5, 5.41) is 9.57. The lowest BCUT2D eigenvalue weighted by molar-refractivity contribution is 0.415. The number of nitrogens with two attached hydrogens (primary N) is 1. The molecule has 1 atom stereocenters. The molecule has 8 nitrogen and oxygen atoms in total. The maximum Gasteiger partial charge on any atom is 0.238 e. The van der Waals surface area contributed by atoms with E-state index in [9.17, 15) is 8.42 Å². The van der Waals surface area contributed by atoms with E-state index in [2.05, 4.69) is 45.0 Å². The first-order chi connectivity index (χ1) is 18.3. The number of hydrogen-bond acceptors (Lipinski definition) is 6. The number of nitrogens with one attached hydrogen (secondary N) is 1. The Morgan fingerprint density at radius 3 is 2.34 bits per heavy atom. The zero-order valence-electron chi connectivity index (χ0n) is 21.2. The second-order valence-electron chi connectivity index (χ2n) is 9.04. The molecule has 0 spiro atoms. The molecule has 0 saturated heterocycles. The molecule has 2 aromatic heterocycles. The number of sulfonamides is 1. The summed E-state index contributed by atoms with van der Waals surface area (Å²) in [5.74, 6) is 1.54. The summed E-state index contributed by atoms with van der Waals surface area (Å²) in [7, 11) is -2.05. The maximum atomic E-state index is 11.5. The second kappa shape index (κ2) is 10.6. The standard InChI is InChI=1S/C29H29N5O3S/c1-20(22-6-4-3-5-7-22)34-27(23-10-12-24(37-2)13-11-23)18-26-28(32-19-33-29(26)34)31-17-16-21-8-14-25(15-9-21)38(30,35)36/h3-15,18-20H,16-17H2,1-2H3,(H2,30,35,36)(H,31,32,33). The van der Waals surface area contributed by atoms with E-state index in [-0.39, 0.29) is 10.9 Å². The molecular formula is C29H29N5O3S. The number of rotatable bonds is 9. The van der Waals surface area contributed by atoms with Crippen LogP contribution in [0.15, 0.2) is 96.2 Å². The van der Waals surface area contributed by atoms with Gasteiger partial charge >= 0.3 is 0 Å². The molecule has 3 aromatic carbocycles. The van der Waals surface area contributed by atoms with Gasteiger partial charge in [-0.2, -0.15) is 0 Å². The highest BCUT2D eigenvalue weighted by Crippen LogP contribution is 2.35. The first-order valence-electron chi connectivity index (χ1n) is 12.3. The Bertz CT molecular complexity index is 1650. The van der Waals surface area contributed by atoms with E-state index in [1.165, 1.54) is 17.7 Å². The molecule has 0 aliphatic carbocycles. The molecule has 0 aliphatic rings. The number of nitrogens with zero attached hydrogens (tertiary/aromatic N) is 3. The van der Waals surface area contributed by atoms with Gasteiger partial charge in [0.25, 0.3) is 0 Å². The fourth-order valence-corrected chi connectivity index (χ4v) is 5.12. The number of ether oxygens (including phenoxy) is 1. The third kappa shape index (κ3) is 5.25. The minimum Gasteiger partial charge on any atom is -0.497 e. The smallest absolute Gasteiger partial charge is 0.238 e. The number of anilines is 1. The summed E-state index contributed by atoms with van der Waals surface area (Å²) >= 11 is 0. The Morgan fingerprint density at radius 1 is 0.974 bits per heavy atom. The lowest BCUT2D eigenvalue weighted by Crippen LogP contribution is -2.12. The predicted molar refractivity (Wildman–Crippen MR) is 150 cm³/mol. The lowest BCUT2D eigenvalue weighted by atomic mass is 10.1. The molecule has 0 aliphatic heterocycles. The number of hydrogen-bond donors (Lipinski definition) is 2. The largest absolute Gasteiger partial charge is 0.497 e. The Labute approximate surface area is 222 Å². The van der Waals surface area contributed by atoms with Crippen LogP contribution < -0.4 is 15.2 Å². The van der Waals surface area contributed by atoms with Crippen molar-refractivity contribution in [3.63, 3.8) is 0 Å². The fourth-order valence-electron chi connectivity index (χ4n) is 4.60. The molecule has 0 radical (unpaired) electrons. The number of fused-ring (bicyclic) bond motifs is 1. The minimum absolute atomic E-state index is 0.0332. The summed E-state index contributed by atoms with van der Waals surface area (Å²) in [6.45, 7) is 2.78. The normalized spacial score (nSPS) is 12.4. The molecular weight excluding hydrogens is 498 g/mol. The summed E-state index contributed by atoms with van der Waals surface area (Å²) < 4.78 is 30.6. The monoisotopic (exact) mass is 527 g/mol. The van der Waals surface area contributed by atoms with E-state index in [1.807, 2.05) is 42.5 Å². The first kappa shape index (κ1) is 25.4. The van der Waals surface area contributed by atoms with Gasteiger partial charge in [-0.1, -0.05) is 42.5 Å². The van der Waals surface area contributed by atoms with Crippen molar-refractivity contribution in [1.29, 1.82) is 0 Å². The van der Waals surface area contributed by atoms with Crippen LogP contribution in [0.3, 0.4) is 0 Å². The molecule has 1 unspecified atom stereocenters. The molecule has 0 saturated carbocycles. The van der Waals surface area contributed by atoms with Crippen molar-refractivity contribution < 1.29 is 13.2 Å². The SMILES string of the molecule is COc1ccc(-c2cc3c(NCCc4ccc(S(N)(=O)=O)cc4)ncnc3n2C(C)c2ccccc2)cc1. The summed E-state index contributed by atoms with van der Waals surface area (Å²) in [6, 6.07) is 27.1. The van der Waals surface area contributed by atoms with Gasteiger partial charge in [0.15, 0.2) is 0 Å².